The number of carbonyl (C=O) groups excluding carboxylic acids is 1. The molecule has 6 heteroatoms. The minimum atomic E-state index is -0.719. The molecule has 2 N–H and O–H groups in total. The van der Waals surface area contributed by atoms with Crippen molar-refractivity contribution in [1.29, 1.82) is 5.26 Å². The fraction of sp³-hybridized carbons (Fsp3) is 0.294. The number of furan rings is 1. The van der Waals surface area contributed by atoms with Gasteiger partial charge in [-0.3, -0.25) is 4.79 Å². The standard InChI is InChI=1S/C17H18N2O4/c1-17(2,11-20)19-16(21)15-8-7-14(23-15)10-22-13-5-3-12(9-18)4-6-13/h3-8,20H,10-11H2,1-2H3,(H,19,21). The third-order valence-corrected chi connectivity index (χ3v) is 3.10. The maximum atomic E-state index is 12.0. The molecule has 120 valence electrons. The summed E-state index contributed by atoms with van der Waals surface area (Å²) in [5.41, 5.74) is -0.163. The summed E-state index contributed by atoms with van der Waals surface area (Å²) in [5.74, 6) is 0.868. The number of nitriles is 1. The molecule has 0 unspecified atom stereocenters. The quantitative estimate of drug-likeness (QED) is 0.852. The number of amides is 1. The molecule has 0 bridgehead atoms. The van der Waals surface area contributed by atoms with Crippen LogP contribution in [0.3, 0.4) is 0 Å². The van der Waals surface area contributed by atoms with Gasteiger partial charge in [-0.25, -0.2) is 0 Å². The van der Waals surface area contributed by atoms with Crippen LogP contribution in [0.15, 0.2) is 40.8 Å². The number of nitrogens with zero attached hydrogens (tertiary/aromatic N) is 1. The van der Waals surface area contributed by atoms with Crippen molar-refractivity contribution < 1.29 is 19.1 Å². The number of hydrogen-bond acceptors (Lipinski definition) is 5. The third-order valence-electron chi connectivity index (χ3n) is 3.10. The summed E-state index contributed by atoms with van der Waals surface area (Å²) in [6.45, 7) is 3.42. The van der Waals surface area contributed by atoms with Crippen LogP contribution in [0, 0.1) is 11.3 Å². The van der Waals surface area contributed by atoms with Gasteiger partial charge in [0.15, 0.2) is 5.76 Å². The van der Waals surface area contributed by atoms with E-state index in [1.165, 1.54) is 0 Å². The van der Waals surface area contributed by atoms with Crippen molar-refractivity contribution in [2.45, 2.75) is 26.0 Å². The highest BCUT2D eigenvalue weighted by atomic mass is 16.5. The molecule has 0 aliphatic heterocycles. The van der Waals surface area contributed by atoms with Gasteiger partial charge in [-0.2, -0.15) is 5.26 Å². The Morgan fingerprint density at radius 2 is 2.00 bits per heavy atom. The smallest absolute Gasteiger partial charge is 0.287 e. The zero-order valence-corrected chi connectivity index (χ0v) is 13.0. The lowest BCUT2D eigenvalue weighted by Crippen LogP contribution is -2.46. The van der Waals surface area contributed by atoms with Gasteiger partial charge >= 0.3 is 0 Å². The van der Waals surface area contributed by atoms with Crippen LogP contribution in [0.25, 0.3) is 0 Å². The highest BCUT2D eigenvalue weighted by Gasteiger charge is 2.22. The number of hydrogen-bond donors (Lipinski definition) is 2. The summed E-state index contributed by atoms with van der Waals surface area (Å²) in [6.07, 6.45) is 0. The molecule has 0 fully saturated rings. The average Bonchev–Trinajstić information content (AvgIpc) is 3.02. The van der Waals surface area contributed by atoms with E-state index in [1.807, 2.05) is 6.07 Å². The molecular formula is C17H18N2O4. The molecule has 1 amide bonds. The molecular weight excluding hydrogens is 296 g/mol. The number of carbonyl (C=O) groups is 1. The van der Waals surface area contributed by atoms with Gasteiger partial charge in [-0.1, -0.05) is 0 Å². The van der Waals surface area contributed by atoms with Crippen LogP contribution in [0.1, 0.15) is 35.7 Å². The minimum Gasteiger partial charge on any atom is -0.486 e. The van der Waals surface area contributed by atoms with Crippen molar-refractivity contribution in [2.24, 2.45) is 0 Å². The van der Waals surface area contributed by atoms with Crippen molar-refractivity contribution in [3.05, 3.63) is 53.5 Å². The number of ether oxygens (including phenoxy) is 1. The Morgan fingerprint density at radius 3 is 2.61 bits per heavy atom. The van der Waals surface area contributed by atoms with Crippen molar-refractivity contribution in [2.75, 3.05) is 6.61 Å². The van der Waals surface area contributed by atoms with Gasteiger partial charge < -0.3 is 19.6 Å². The predicted molar refractivity (Wildman–Crippen MR) is 82.8 cm³/mol. The summed E-state index contributed by atoms with van der Waals surface area (Å²) in [5, 5.41) is 20.6. The van der Waals surface area contributed by atoms with E-state index in [9.17, 15) is 4.79 Å². The summed E-state index contributed by atoms with van der Waals surface area (Å²) in [6, 6.07) is 12.0. The molecule has 0 radical (unpaired) electrons. The van der Waals surface area contributed by atoms with Crippen LogP contribution in [0.2, 0.25) is 0 Å². The number of rotatable bonds is 6. The van der Waals surface area contributed by atoms with Crippen LogP contribution in [-0.2, 0) is 6.61 Å². The van der Waals surface area contributed by atoms with E-state index < -0.39 is 11.4 Å². The topological polar surface area (TPSA) is 95.5 Å². The lowest BCUT2D eigenvalue weighted by molar-refractivity contribution is 0.0837. The van der Waals surface area contributed by atoms with Crippen LogP contribution < -0.4 is 10.1 Å². The summed E-state index contributed by atoms with van der Waals surface area (Å²) in [4.78, 5) is 12.0. The molecule has 1 aromatic carbocycles. The Morgan fingerprint density at radius 1 is 1.30 bits per heavy atom. The van der Waals surface area contributed by atoms with Crippen molar-refractivity contribution in [1.82, 2.24) is 5.32 Å². The zero-order valence-electron chi connectivity index (χ0n) is 13.0. The first kappa shape index (κ1) is 16.6. The van der Waals surface area contributed by atoms with Crippen LogP contribution in [0.4, 0.5) is 0 Å². The van der Waals surface area contributed by atoms with Crippen molar-refractivity contribution >= 4 is 5.91 Å². The lowest BCUT2D eigenvalue weighted by atomic mass is 10.1. The SMILES string of the molecule is CC(C)(CO)NC(=O)c1ccc(COc2ccc(C#N)cc2)o1. The minimum absolute atomic E-state index is 0.157. The predicted octanol–water partition coefficient (Wildman–Crippen LogP) is 2.23. The fourth-order valence-electron chi connectivity index (χ4n) is 1.77. The molecule has 6 nitrogen and oxygen atoms in total. The summed E-state index contributed by atoms with van der Waals surface area (Å²) in [7, 11) is 0. The van der Waals surface area contributed by atoms with Gasteiger partial charge in [-0.15, -0.1) is 0 Å². The first-order chi connectivity index (χ1) is 10.9. The van der Waals surface area contributed by atoms with Crippen molar-refractivity contribution in [3.8, 4) is 11.8 Å². The van der Waals surface area contributed by atoms with Gasteiger partial charge in [0.05, 0.1) is 23.8 Å². The van der Waals surface area contributed by atoms with E-state index in [2.05, 4.69) is 5.32 Å². The monoisotopic (exact) mass is 314 g/mol. The molecule has 1 heterocycles. The Kier molecular flexibility index (Phi) is 5.04. The zero-order chi connectivity index (χ0) is 16.9. The lowest BCUT2D eigenvalue weighted by Gasteiger charge is -2.22. The molecule has 0 saturated carbocycles. The second-order valence-corrected chi connectivity index (χ2v) is 5.69. The molecule has 2 aromatic rings. The molecule has 0 aliphatic carbocycles. The molecule has 0 atom stereocenters. The number of aliphatic hydroxyl groups is 1. The normalized spacial score (nSPS) is 10.9. The molecule has 23 heavy (non-hydrogen) atoms. The second kappa shape index (κ2) is 6.99. The van der Waals surface area contributed by atoms with E-state index in [-0.39, 0.29) is 19.0 Å². The largest absolute Gasteiger partial charge is 0.486 e. The molecule has 1 aromatic heterocycles. The number of benzene rings is 1. The Labute approximate surface area is 134 Å². The third kappa shape index (κ3) is 4.59. The van der Waals surface area contributed by atoms with Crippen LogP contribution in [0.5, 0.6) is 5.75 Å². The highest BCUT2D eigenvalue weighted by molar-refractivity contribution is 5.92. The van der Waals surface area contributed by atoms with Crippen LogP contribution in [-0.4, -0.2) is 23.2 Å². The Balaban J connectivity index is 1.94. The fourth-order valence-corrected chi connectivity index (χ4v) is 1.77. The van der Waals surface area contributed by atoms with E-state index in [0.29, 0.717) is 17.1 Å². The number of nitrogens with one attached hydrogen (secondary N) is 1. The van der Waals surface area contributed by atoms with Gasteiger partial charge in [0.2, 0.25) is 0 Å². The molecule has 0 aliphatic rings. The van der Waals surface area contributed by atoms with Gasteiger partial charge in [0.1, 0.15) is 18.1 Å². The van der Waals surface area contributed by atoms with Crippen molar-refractivity contribution in [3.63, 3.8) is 0 Å². The second-order valence-electron chi connectivity index (χ2n) is 5.69. The summed E-state index contributed by atoms with van der Waals surface area (Å²) < 4.78 is 11.0. The van der Waals surface area contributed by atoms with E-state index >= 15 is 0 Å². The van der Waals surface area contributed by atoms with Crippen LogP contribution >= 0.6 is 0 Å². The van der Waals surface area contributed by atoms with E-state index in [4.69, 9.17) is 19.5 Å². The number of aliphatic hydroxyl groups excluding tert-OH is 1. The first-order valence-electron chi connectivity index (χ1n) is 7.08. The van der Waals surface area contributed by atoms with E-state index in [0.717, 1.165) is 0 Å². The maximum absolute atomic E-state index is 12.0. The first-order valence-corrected chi connectivity index (χ1v) is 7.08. The highest BCUT2D eigenvalue weighted by Crippen LogP contribution is 2.16. The Bertz CT molecular complexity index is 711. The molecule has 2 rings (SSSR count). The maximum Gasteiger partial charge on any atom is 0.287 e. The van der Waals surface area contributed by atoms with Gasteiger partial charge in [0, 0.05) is 0 Å². The van der Waals surface area contributed by atoms with Gasteiger partial charge in [0.25, 0.3) is 5.91 Å². The molecule has 0 spiro atoms. The Hall–Kier alpha value is -2.78. The van der Waals surface area contributed by atoms with Gasteiger partial charge in [-0.05, 0) is 50.2 Å². The average molecular weight is 314 g/mol. The van der Waals surface area contributed by atoms with E-state index in [1.54, 1.807) is 50.2 Å². The summed E-state index contributed by atoms with van der Waals surface area (Å²) >= 11 is 0. The molecule has 0 saturated heterocycles.